The molecule has 20 heavy (non-hydrogen) atoms. The highest BCUT2D eigenvalue weighted by Gasteiger charge is 2.20. The van der Waals surface area contributed by atoms with Crippen LogP contribution in [-0.2, 0) is 13.0 Å². The number of nitrogens with one attached hydrogen (secondary N) is 1. The normalized spacial score (nSPS) is 14.5. The summed E-state index contributed by atoms with van der Waals surface area (Å²) in [5.41, 5.74) is 3.37. The van der Waals surface area contributed by atoms with Crippen molar-refractivity contribution in [3.05, 3.63) is 57.6 Å². The van der Waals surface area contributed by atoms with Crippen LogP contribution in [0.3, 0.4) is 0 Å². The molecule has 104 valence electrons. The van der Waals surface area contributed by atoms with Gasteiger partial charge >= 0.3 is 0 Å². The number of rotatable bonds is 5. The molecule has 2 aromatic rings. The SMILES string of the molecule is Cc1cc(CNC2CC2)nc(Cc2ccc(Br)cc2)n1. The maximum atomic E-state index is 4.67. The minimum absolute atomic E-state index is 0.709. The van der Waals surface area contributed by atoms with Crippen molar-refractivity contribution < 1.29 is 0 Å². The molecule has 0 radical (unpaired) electrons. The van der Waals surface area contributed by atoms with Gasteiger partial charge in [-0.1, -0.05) is 28.1 Å². The van der Waals surface area contributed by atoms with E-state index in [1.54, 1.807) is 0 Å². The Morgan fingerprint density at radius 1 is 1.20 bits per heavy atom. The zero-order valence-electron chi connectivity index (χ0n) is 11.6. The lowest BCUT2D eigenvalue weighted by molar-refractivity contribution is 0.667. The molecule has 0 spiro atoms. The van der Waals surface area contributed by atoms with E-state index >= 15 is 0 Å². The van der Waals surface area contributed by atoms with Gasteiger partial charge < -0.3 is 5.32 Å². The van der Waals surface area contributed by atoms with Gasteiger partial charge in [0.2, 0.25) is 0 Å². The summed E-state index contributed by atoms with van der Waals surface area (Å²) in [4.78, 5) is 9.21. The third-order valence-electron chi connectivity index (χ3n) is 3.38. The van der Waals surface area contributed by atoms with Crippen LogP contribution < -0.4 is 5.32 Å². The summed E-state index contributed by atoms with van der Waals surface area (Å²) in [6, 6.07) is 11.1. The van der Waals surface area contributed by atoms with E-state index in [9.17, 15) is 0 Å². The average molecular weight is 332 g/mol. The van der Waals surface area contributed by atoms with E-state index in [1.165, 1.54) is 18.4 Å². The summed E-state index contributed by atoms with van der Waals surface area (Å²) >= 11 is 3.45. The van der Waals surface area contributed by atoms with Crippen LogP contribution in [0.1, 0.15) is 35.6 Å². The van der Waals surface area contributed by atoms with Gasteiger partial charge in [0.1, 0.15) is 5.82 Å². The predicted molar refractivity (Wildman–Crippen MR) is 83.6 cm³/mol. The lowest BCUT2D eigenvalue weighted by Gasteiger charge is -2.07. The first-order chi connectivity index (χ1) is 9.69. The number of hydrogen-bond donors (Lipinski definition) is 1. The first-order valence-corrected chi connectivity index (χ1v) is 7.79. The van der Waals surface area contributed by atoms with E-state index in [1.807, 2.05) is 6.92 Å². The first kappa shape index (κ1) is 13.7. The predicted octanol–water partition coefficient (Wildman–Crippen LogP) is 3.39. The maximum absolute atomic E-state index is 4.67. The molecule has 1 aromatic carbocycles. The third-order valence-corrected chi connectivity index (χ3v) is 3.91. The molecule has 0 saturated heterocycles. The number of halogens is 1. The molecule has 3 nitrogen and oxygen atoms in total. The lowest BCUT2D eigenvalue weighted by Crippen LogP contribution is -2.17. The lowest BCUT2D eigenvalue weighted by atomic mass is 10.1. The van der Waals surface area contributed by atoms with Crippen LogP contribution in [0.25, 0.3) is 0 Å². The number of benzene rings is 1. The Morgan fingerprint density at radius 3 is 2.65 bits per heavy atom. The van der Waals surface area contributed by atoms with Crippen molar-refractivity contribution in [2.45, 2.75) is 38.8 Å². The molecule has 1 aromatic heterocycles. The van der Waals surface area contributed by atoms with Crippen molar-refractivity contribution in [2.24, 2.45) is 0 Å². The smallest absolute Gasteiger partial charge is 0.133 e. The Morgan fingerprint density at radius 2 is 1.95 bits per heavy atom. The van der Waals surface area contributed by atoms with Crippen molar-refractivity contribution in [2.75, 3.05) is 0 Å². The molecule has 1 fully saturated rings. The number of aromatic nitrogens is 2. The molecule has 1 heterocycles. The van der Waals surface area contributed by atoms with Crippen LogP contribution in [0, 0.1) is 6.92 Å². The first-order valence-electron chi connectivity index (χ1n) is 7.00. The molecule has 1 N–H and O–H groups in total. The van der Waals surface area contributed by atoms with Gasteiger partial charge in [0.25, 0.3) is 0 Å². The highest BCUT2D eigenvalue weighted by Crippen LogP contribution is 2.19. The highest BCUT2D eigenvalue weighted by molar-refractivity contribution is 9.10. The summed E-state index contributed by atoms with van der Waals surface area (Å²) in [6.45, 7) is 2.88. The summed E-state index contributed by atoms with van der Waals surface area (Å²) in [5.74, 6) is 0.903. The quantitative estimate of drug-likeness (QED) is 0.912. The summed E-state index contributed by atoms with van der Waals surface area (Å²) < 4.78 is 1.10. The van der Waals surface area contributed by atoms with Crippen LogP contribution in [0.15, 0.2) is 34.8 Å². The molecule has 4 heteroatoms. The van der Waals surface area contributed by atoms with Crippen LogP contribution >= 0.6 is 15.9 Å². The van der Waals surface area contributed by atoms with Gasteiger partial charge in [0, 0.05) is 29.2 Å². The van der Waals surface area contributed by atoms with E-state index in [0.717, 1.165) is 34.7 Å². The van der Waals surface area contributed by atoms with E-state index in [2.05, 4.69) is 61.5 Å². The van der Waals surface area contributed by atoms with Gasteiger partial charge in [-0.15, -0.1) is 0 Å². The minimum atomic E-state index is 0.709. The van der Waals surface area contributed by atoms with Crippen molar-refractivity contribution in [1.82, 2.24) is 15.3 Å². The minimum Gasteiger partial charge on any atom is -0.308 e. The molecule has 0 aliphatic heterocycles. The Labute approximate surface area is 128 Å². The second kappa shape index (κ2) is 6.02. The summed E-state index contributed by atoms with van der Waals surface area (Å²) in [7, 11) is 0. The van der Waals surface area contributed by atoms with Gasteiger partial charge in [-0.2, -0.15) is 0 Å². The van der Waals surface area contributed by atoms with Gasteiger partial charge in [0.05, 0.1) is 5.69 Å². The van der Waals surface area contributed by atoms with E-state index < -0.39 is 0 Å². The van der Waals surface area contributed by atoms with Crippen molar-refractivity contribution in [3.63, 3.8) is 0 Å². The molecule has 1 aliphatic rings. The molecule has 3 rings (SSSR count). The fourth-order valence-electron chi connectivity index (χ4n) is 2.19. The standard InChI is InChI=1S/C16H18BrN3/c1-11-8-15(10-18-14-6-7-14)20-16(19-11)9-12-2-4-13(17)5-3-12/h2-5,8,14,18H,6-7,9-10H2,1H3. The Balaban J connectivity index is 1.72. The third kappa shape index (κ3) is 3.87. The Kier molecular flexibility index (Phi) is 4.13. The van der Waals surface area contributed by atoms with Crippen LogP contribution in [0.2, 0.25) is 0 Å². The van der Waals surface area contributed by atoms with Crippen molar-refractivity contribution in [1.29, 1.82) is 0 Å². The molecule has 1 saturated carbocycles. The average Bonchev–Trinajstić information content (AvgIpc) is 3.23. The topological polar surface area (TPSA) is 37.8 Å². The molecular weight excluding hydrogens is 314 g/mol. The Bertz CT molecular complexity index is 591. The van der Waals surface area contributed by atoms with Gasteiger partial charge in [-0.3, -0.25) is 0 Å². The Hall–Kier alpha value is -1.26. The van der Waals surface area contributed by atoms with Crippen LogP contribution in [0.5, 0.6) is 0 Å². The molecule has 0 amide bonds. The fraction of sp³-hybridized carbons (Fsp3) is 0.375. The van der Waals surface area contributed by atoms with Crippen molar-refractivity contribution >= 4 is 15.9 Å². The molecule has 0 bridgehead atoms. The van der Waals surface area contributed by atoms with E-state index in [0.29, 0.717) is 6.04 Å². The second-order valence-electron chi connectivity index (χ2n) is 5.38. The molecule has 0 atom stereocenters. The fourth-order valence-corrected chi connectivity index (χ4v) is 2.46. The largest absolute Gasteiger partial charge is 0.308 e. The zero-order chi connectivity index (χ0) is 13.9. The molecule has 0 unspecified atom stereocenters. The molecule has 1 aliphatic carbocycles. The van der Waals surface area contributed by atoms with Crippen LogP contribution in [-0.4, -0.2) is 16.0 Å². The number of hydrogen-bond acceptors (Lipinski definition) is 3. The highest BCUT2D eigenvalue weighted by atomic mass is 79.9. The monoisotopic (exact) mass is 331 g/mol. The van der Waals surface area contributed by atoms with Crippen molar-refractivity contribution in [3.8, 4) is 0 Å². The van der Waals surface area contributed by atoms with Gasteiger partial charge in [-0.25, -0.2) is 9.97 Å². The number of nitrogens with zero attached hydrogens (tertiary/aromatic N) is 2. The molecular formula is C16H18BrN3. The van der Waals surface area contributed by atoms with E-state index in [-0.39, 0.29) is 0 Å². The zero-order valence-corrected chi connectivity index (χ0v) is 13.2. The van der Waals surface area contributed by atoms with Gasteiger partial charge in [0.15, 0.2) is 0 Å². The number of aryl methyl sites for hydroxylation is 1. The maximum Gasteiger partial charge on any atom is 0.133 e. The summed E-state index contributed by atoms with van der Waals surface area (Å²) in [5, 5.41) is 3.50. The van der Waals surface area contributed by atoms with Gasteiger partial charge in [-0.05, 0) is 43.5 Å². The second-order valence-corrected chi connectivity index (χ2v) is 6.29. The van der Waals surface area contributed by atoms with Crippen LogP contribution in [0.4, 0.5) is 0 Å². The van der Waals surface area contributed by atoms with E-state index in [4.69, 9.17) is 0 Å². The summed E-state index contributed by atoms with van der Waals surface area (Å²) in [6.07, 6.45) is 3.39.